The molecule has 1 aromatic rings. The number of aliphatic hydroxyl groups is 1. The predicted octanol–water partition coefficient (Wildman–Crippen LogP) is 0.775. The van der Waals surface area contributed by atoms with E-state index in [1.807, 2.05) is 4.68 Å². The standard InChI is InChI=1S/C11H20N4O/c1-8(16)5-6-15-11(9-3-2-4-9)10(7-12)13-14-15/h8-9,16H,2-7,12H2,1H3. The van der Waals surface area contributed by atoms with Crippen molar-refractivity contribution in [1.82, 2.24) is 15.0 Å². The molecule has 1 aliphatic rings. The SMILES string of the molecule is CC(O)CCn1nnc(CN)c1C1CCC1. The second-order valence-electron chi connectivity index (χ2n) is 4.61. The molecule has 0 bridgehead atoms. The number of aliphatic hydroxyl groups excluding tert-OH is 1. The summed E-state index contributed by atoms with van der Waals surface area (Å²) < 4.78 is 1.93. The van der Waals surface area contributed by atoms with Crippen LogP contribution in [0.5, 0.6) is 0 Å². The third kappa shape index (κ3) is 2.25. The lowest BCUT2D eigenvalue weighted by Gasteiger charge is -2.26. The molecule has 0 aromatic carbocycles. The van der Waals surface area contributed by atoms with Crippen LogP contribution in [0.15, 0.2) is 0 Å². The fourth-order valence-corrected chi connectivity index (χ4v) is 2.10. The lowest BCUT2D eigenvalue weighted by Crippen LogP contribution is -2.19. The number of hydrogen-bond donors (Lipinski definition) is 2. The van der Waals surface area contributed by atoms with E-state index in [-0.39, 0.29) is 6.10 Å². The van der Waals surface area contributed by atoms with E-state index in [0.717, 1.165) is 12.2 Å². The van der Waals surface area contributed by atoms with Crippen LogP contribution in [-0.4, -0.2) is 26.2 Å². The van der Waals surface area contributed by atoms with Crippen LogP contribution in [0.4, 0.5) is 0 Å². The Labute approximate surface area is 95.6 Å². The summed E-state index contributed by atoms with van der Waals surface area (Å²) in [6.07, 6.45) is 4.15. The van der Waals surface area contributed by atoms with Gasteiger partial charge in [0.1, 0.15) is 0 Å². The van der Waals surface area contributed by atoms with Crippen LogP contribution in [0, 0.1) is 0 Å². The van der Waals surface area contributed by atoms with Gasteiger partial charge in [-0.15, -0.1) is 5.10 Å². The van der Waals surface area contributed by atoms with Gasteiger partial charge in [0.25, 0.3) is 0 Å². The highest BCUT2D eigenvalue weighted by atomic mass is 16.3. The van der Waals surface area contributed by atoms with Gasteiger partial charge in [0.05, 0.1) is 17.5 Å². The Kier molecular flexibility index (Phi) is 3.56. The lowest BCUT2D eigenvalue weighted by molar-refractivity contribution is 0.174. The summed E-state index contributed by atoms with van der Waals surface area (Å²) in [5, 5.41) is 17.6. The molecule has 0 amide bonds. The molecule has 90 valence electrons. The van der Waals surface area contributed by atoms with Gasteiger partial charge in [-0.3, -0.25) is 0 Å². The molecule has 1 unspecified atom stereocenters. The molecule has 1 aromatic heterocycles. The highest BCUT2D eigenvalue weighted by Gasteiger charge is 2.26. The molecule has 0 spiro atoms. The van der Waals surface area contributed by atoms with Gasteiger partial charge in [0.2, 0.25) is 0 Å². The van der Waals surface area contributed by atoms with E-state index in [1.165, 1.54) is 25.0 Å². The second-order valence-corrected chi connectivity index (χ2v) is 4.61. The van der Waals surface area contributed by atoms with Crippen LogP contribution in [0.1, 0.15) is 49.9 Å². The van der Waals surface area contributed by atoms with Crippen molar-refractivity contribution in [3.05, 3.63) is 11.4 Å². The fourth-order valence-electron chi connectivity index (χ4n) is 2.10. The molecule has 1 heterocycles. The number of nitrogens with zero attached hydrogens (tertiary/aromatic N) is 3. The highest BCUT2D eigenvalue weighted by Crippen LogP contribution is 2.37. The quantitative estimate of drug-likeness (QED) is 0.774. The van der Waals surface area contributed by atoms with E-state index >= 15 is 0 Å². The molecular weight excluding hydrogens is 204 g/mol. The number of rotatable bonds is 5. The number of hydrogen-bond acceptors (Lipinski definition) is 4. The molecule has 0 aliphatic heterocycles. The maximum atomic E-state index is 9.29. The van der Waals surface area contributed by atoms with Crippen LogP contribution in [0.2, 0.25) is 0 Å². The first-order valence-corrected chi connectivity index (χ1v) is 6.02. The first-order chi connectivity index (χ1) is 7.72. The zero-order chi connectivity index (χ0) is 11.5. The first-order valence-electron chi connectivity index (χ1n) is 6.02. The number of nitrogens with two attached hydrogens (primary N) is 1. The van der Waals surface area contributed by atoms with Crippen LogP contribution >= 0.6 is 0 Å². The summed E-state index contributed by atoms with van der Waals surface area (Å²) in [5.41, 5.74) is 7.80. The average molecular weight is 224 g/mol. The first kappa shape index (κ1) is 11.5. The minimum Gasteiger partial charge on any atom is -0.393 e. The normalized spacial score (nSPS) is 18.4. The molecule has 0 saturated heterocycles. The van der Waals surface area contributed by atoms with E-state index in [0.29, 0.717) is 18.9 Å². The summed E-state index contributed by atoms with van der Waals surface area (Å²) in [5.74, 6) is 0.586. The second kappa shape index (κ2) is 4.93. The lowest BCUT2D eigenvalue weighted by atomic mass is 9.82. The van der Waals surface area contributed by atoms with Gasteiger partial charge in [-0.25, -0.2) is 4.68 Å². The van der Waals surface area contributed by atoms with Crippen LogP contribution in [0.3, 0.4) is 0 Å². The van der Waals surface area contributed by atoms with Crippen molar-refractivity contribution in [3.8, 4) is 0 Å². The Morgan fingerprint density at radius 3 is 2.81 bits per heavy atom. The Hall–Kier alpha value is -0.940. The zero-order valence-electron chi connectivity index (χ0n) is 9.76. The molecule has 0 radical (unpaired) electrons. The van der Waals surface area contributed by atoms with Crippen LogP contribution in [-0.2, 0) is 13.1 Å². The smallest absolute Gasteiger partial charge is 0.0997 e. The molecule has 5 heteroatoms. The maximum absolute atomic E-state index is 9.29. The molecular formula is C11H20N4O. The van der Waals surface area contributed by atoms with Crippen LogP contribution in [0.25, 0.3) is 0 Å². The average Bonchev–Trinajstić information content (AvgIpc) is 2.55. The molecule has 3 N–H and O–H groups in total. The van der Waals surface area contributed by atoms with Crippen molar-refractivity contribution >= 4 is 0 Å². The molecule has 1 saturated carbocycles. The van der Waals surface area contributed by atoms with Crippen molar-refractivity contribution < 1.29 is 5.11 Å². The van der Waals surface area contributed by atoms with E-state index in [4.69, 9.17) is 5.73 Å². The van der Waals surface area contributed by atoms with Gasteiger partial charge >= 0.3 is 0 Å². The van der Waals surface area contributed by atoms with Crippen molar-refractivity contribution in [2.75, 3.05) is 0 Å². The van der Waals surface area contributed by atoms with Crippen molar-refractivity contribution in [2.45, 2.75) is 57.7 Å². The molecule has 1 aliphatic carbocycles. The topological polar surface area (TPSA) is 77.0 Å². The number of aromatic nitrogens is 3. The van der Waals surface area contributed by atoms with E-state index < -0.39 is 0 Å². The van der Waals surface area contributed by atoms with Crippen molar-refractivity contribution in [2.24, 2.45) is 5.73 Å². The molecule has 1 fully saturated rings. The minimum atomic E-state index is -0.292. The van der Waals surface area contributed by atoms with Gasteiger partial charge in [-0.2, -0.15) is 0 Å². The third-order valence-electron chi connectivity index (χ3n) is 3.29. The third-order valence-corrected chi connectivity index (χ3v) is 3.29. The van der Waals surface area contributed by atoms with E-state index in [9.17, 15) is 5.11 Å². The largest absolute Gasteiger partial charge is 0.393 e. The fraction of sp³-hybridized carbons (Fsp3) is 0.818. The van der Waals surface area contributed by atoms with Crippen LogP contribution < -0.4 is 5.73 Å². The van der Waals surface area contributed by atoms with Gasteiger partial charge in [-0.1, -0.05) is 11.6 Å². The van der Waals surface area contributed by atoms with Gasteiger partial charge < -0.3 is 10.8 Å². The van der Waals surface area contributed by atoms with Gasteiger partial charge in [0, 0.05) is 19.0 Å². The Morgan fingerprint density at radius 1 is 1.56 bits per heavy atom. The van der Waals surface area contributed by atoms with E-state index in [2.05, 4.69) is 10.3 Å². The van der Waals surface area contributed by atoms with Gasteiger partial charge in [-0.05, 0) is 26.2 Å². The molecule has 2 rings (SSSR count). The van der Waals surface area contributed by atoms with Crippen molar-refractivity contribution in [1.29, 1.82) is 0 Å². The molecule has 5 nitrogen and oxygen atoms in total. The van der Waals surface area contributed by atoms with Crippen molar-refractivity contribution in [3.63, 3.8) is 0 Å². The summed E-state index contributed by atoms with van der Waals surface area (Å²) in [6.45, 7) is 2.99. The monoisotopic (exact) mass is 224 g/mol. The van der Waals surface area contributed by atoms with E-state index in [1.54, 1.807) is 6.92 Å². The zero-order valence-corrected chi connectivity index (χ0v) is 9.76. The minimum absolute atomic E-state index is 0.292. The molecule has 16 heavy (non-hydrogen) atoms. The summed E-state index contributed by atoms with van der Waals surface area (Å²) in [6, 6.07) is 0. The number of aryl methyl sites for hydroxylation is 1. The predicted molar refractivity (Wildman–Crippen MR) is 60.8 cm³/mol. The highest BCUT2D eigenvalue weighted by molar-refractivity contribution is 5.17. The summed E-state index contributed by atoms with van der Waals surface area (Å²) in [7, 11) is 0. The summed E-state index contributed by atoms with van der Waals surface area (Å²) in [4.78, 5) is 0. The summed E-state index contributed by atoms with van der Waals surface area (Å²) >= 11 is 0. The Balaban J connectivity index is 2.13. The van der Waals surface area contributed by atoms with Gasteiger partial charge in [0.15, 0.2) is 0 Å². The Morgan fingerprint density at radius 2 is 2.31 bits per heavy atom. The maximum Gasteiger partial charge on any atom is 0.0997 e. The molecule has 1 atom stereocenters. The Bertz CT molecular complexity index is 344.